The van der Waals surface area contributed by atoms with Crippen molar-refractivity contribution in [1.82, 2.24) is 19.3 Å². The molecule has 1 aliphatic rings. The minimum Gasteiger partial charge on any atom is -0.353 e. The predicted molar refractivity (Wildman–Crippen MR) is 113 cm³/mol. The van der Waals surface area contributed by atoms with E-state index in [0.29, 0.717) is 5.69 Å². The SMILES string of the molecule is O=S(=O)(O)CCNc1nc(NCCN2CS2(=O)=O)nc(Nc2ccc(S(=O)(=O)O)cc2)n1. The zero-order chi connectivity index (χ0) is 23.6. The summed E-state index contributed by atoms with van der Waals surface area (Å²) >= 11 is 0. The topological polar surface area (TPSA) is 221 Å². The maximum Gasteiger partial charge on any atom is 0.294 e. The van der Waals surface area contributed by atoms with Gasteiger partial charge in [-0.15, -0.1) is 0 Å². The molecule has 2 heterocycles. The van der Waals surface area contributed by atoms with Crippen LogP contribution in [0.15, 0.2) is 29.2 Å². The minimum absolute atomic E-state index is 0.00388. The van der Waals surface area contributed by atoms with Gasteiger partial charge >= 0.3 is 0 Å². The number of nitrogens with zero attached hydrogens (tertiary/aromatic N) is 4. The summed E-state index contributed by atoms with van der Waals surface area (Å²) in [7, 11) is -11.7. The molecule has 0 saturated carbocycles. The molecule has 32 heavy (non-hydrogen) atoms. The summed E-state index contributed by atoms with van der Waals surface area (Å²) < 4.78 is 85.6. The molecule has 0 aliphatic carbocycles. The zero-order valence-electron chi connectivity index (χ0n) is 16.2. The molecule has 1 aliphatic heterocycles. The van der Waals surface area contributed by atoms with Gasteiger partial charge in [0, 0.05) is 25.3 Å². The fourth-order valence-electron chi connectivity index (χ4n) is 2.38. The van der Waals surface area contributed by atoms with Crippen molar-refractivity contribution in [3.05, 3.63) is 24.3 Å². The van der Waals surface area contributed by atoms with E-state index in [9.17, 15) is 25.3 Å². The van der Waals surface area contributed by atoms with E-state index in [0.717, 1.165) is 12.1 Å². The number of hydrogen-bond donors (Lipinski definition) is 5. The van der Waals surface area contributed by atoms with Gasteiger partial charge in [0.15, 0.2) is 0 Å². The highest BCUT2D eigenvalue weighted by atomic mass is 32.2. The Labute approximate surface area is 183 Å². The molecular formula is C14H19N7O8S3. The lowest BCUT2D eigenvalue weighted by atomic mass is 10.3. The summed E-state index contributed by atoms with van der Waals surface area (Å²) in [5, 5.41) is 8.25. The molecule has 3 rings (SSSR count). The Kier molecular flexibility index (Phi) is 6.81. The lowest BCUT2D eigenvalue weighted by Gasteiger charge is -2.11. The van der Waals surface area contributed by atoms with E-state index >= 15 is 0 Å². The van der Waals surface area contributed by atoms with Crippen LogP contribution in [-0.4, -0.2) is 84.9 Å². The highest BCUT2D eigenvalue weighted by Gasteiger charge is 2.39. The van der Waals surface area contributed by atoms with Crippen LogP contribution in [0.1, 0.15) is 0 Å². The molecule has 1 aromatic carbocycles. The number of benzene rings is 1. The van der Waals surface area contributed by atoms with Crippen molar-refractivity contribution in [1.29, 1.82) is 0 Å². The van der Waals surface area contributed by atoms with Gasteiger partial charge in [0.25, 0.3) is 20.2 Å². The number of nitrogens with one attached hydrogen (secondary N) is 3. The van der Waals surface area contributed by atoms with E-state index in [-0.39, 0.29) is 48.3 Å². The number of aromatic nitrogens is 3. The second kappa shape index (κ2) is 9.08. The number of rotatable bonds is 11. The van der Waals surface area contributed by atoms with Crippen LogP contribution >= 0.6 is 0 Å². The Hall–Kier alpha value is -2.64. The first-order chi connectivity index (χ1) is 14.8. The summed E-state index contributed by atoms with van der Waals surface area (Å²) in [6.07, 6.45) is 0. The molecule has 0 radical (unpaired) electrons. The Morgan fingerprint density at radius 1 is 0.906 bits per heavy atom. The fourth-order valence-corrected chi connectivity index (χ4v) is 4.29. The molecule has 1 aromatic heterocycles. The molecule has 2 aromatic rings. The van der Waals surface area contributed by atoms with Gasteiger partial charge in [-0.1, -0.05) is 0 Å². The van der Waals surface area contributed by atoms with Crippen LogP contribution in [0.5, 0.6) is 0 Å². The second-order valence-corrected chi connectivity index (χ2v) is 11.4. The molecular weight excluding hydrogens is 490 g/mol. The van der Waals surface area contributed by atoms with Crippen LogP contribution in [0.25, 0.3) is 0 Å². The Morgan fingerprint density at radius 3 is 1.94 bits per heavy atom. The zero-order valence-corrected chi connectivity index (χ0v) is 18.7. The summed E-state index contributed by atoms with van der Waals surface area (Å²) in [6, 6.07) is 5.04. The second-order valence-electron chi connectivity index (χ2n) is 6.49. The third kappa shape index (κ3) is 7.21. The fraction of sp³-hybridized carbons (Fsp3) is 0.357. The summed E-state index contributed by atoms with van der Waals surface area (Å²) in [4.78, 5) is 11.9. The minimum atomic E-state index is -4.35. The summed E-state index contributed by atoms with van der Waals surface area (Å²) in [5.74, 6) is -0.613. The molecule has 0 bridgehead atoms. The van der Waals surface area contributed by atoms with Gasteiger partial charge in [-0.05, 0) is 24.3 Å². The smallest absolute Gasteiger partial charge is 0.294 e. The molecule has 0 spiro atoms. The van der Waals surface area contributed by atoms with Gasteiger partial charge in [-0.3, -0.25) is 9.11 Å². The Bertz CT molecular complexity index is 1300. The molecule has 1 atom stereocenters. The van der Waals surface area contributed by atoms with E-state index < -0.39 is 36.0 Å². The van der Waals surface area contributed by atoms with Gasteiger partial charge in [0.05, 0.1) is 10.6 Å². The maximum absolute atomic E-state index is 11.2. The molecule has 15 nitrogen and oxygen atoms in total. The summed E-state index contributed by atoms with van der Waals surface area (Å²) in [6.45, 7) is 0.187. The van der Waals surface area contributed by atoms with Crippen LogP contribution in [-0.2, 0) is 30.3 Å². The van der Waals surface area contributed by atoms with E-state index in [1.54, 1.807) is 0 Å². The number of sulfonamides is 1. The van der Waals surface area contributed by atoms with Crippen molar-refractivity contribution in [3.8, 4) is 0 Å². The van der Waals surface area contributed by atoms with E-state index in [1.165, 1.54) is 16.4 Å². The van der Waals surface area contributed by atoms with Gasteiger partial charge < -0.3 is 16.0 Å². The first-order valence-corrected chi connectivity index (χ1v) is 13.5. The molecule has 1 unspecified atom stereocenters. The molecule has 1 saturated heterocycles. The van der Waals surface area contributed by atoms with Crippen LogP contribution in [0.2, 0.25) is 0 Å². The average molecular weight is 510 g/mol. The summed E-state index contributed by atoms with van der Waals surface area (Å²) in [5.41, 5.74) is 0.369. The van der Waals surface area contributed by atoms with Crippen LogP contribution in [0.3, 0.4) is 0 Å². The molecule has 18 heteroatoms. The van der Waals surface area contributed by atoms with Crippen molar-refractivity contribution in [2.45, 2.75) is 4.90 Å². The lowest BCUT2D eigenvalue weighted by molar-refractivity contribution is 0.481. The van der Waals surface area contributed by atoms with Crippen molar-refractivity contribution < 1.29 is 34.4 Å². The van der Waals surface area contributed by atoms with Crippen LogP contribution in [0, 0.1) is 0 Å². The Morgan fingerprint density at radius 2 is 1.44 bits per heavy atom. The molecule has 1 fully saturated rings. The Balaban J connectivity index is 1.73. The van der Waals surface area contributed by atoms with Gasteiger partial charge in [0.2, 0.25) is 27.9 Å². The number of hydrogen-bond acceptors (Lipinski definition) is 12. The van der Waals surface area contributed by atoms with E-state index in [2.05, 4.69) is 30.9 Å². The van der Waals surface area contributed by atoms with Gasteiger partial charge in [-0.2, -0.15) is 36.1 Å². The quantitative estimate of drug-likeness (QED) is 0.184. The first-order valence-electron chi connectivity index (χ1n) is 8.83. The molecule has 5 N–H and O–H groups in total. The highest BCUT2D eigenvalue weighted by Crippen LogP contribution is 2.19. The largest absolute Gasteiger partial charge is 0.353 e. The van der Waals surface area contributed by atoms with Gasteiger partial charge in [-0.25, -0.2) is 8.42 Å². The van der Waals surface area contributed by atoms with Gasteiger partial charge in [0.1, 0.15) is 5.88 Å². The monoisotopic (exact) mass is 509 g/mol. The van der Waals surface area contributed by atoms with Crippen LogP contribution in [0.4, 0.5) is 23.5 Å². The average Bonchev–Trinajstić information content (AvgIpc) is 3.26. The molecule has 176 valence electrons. The first kappa shape index (κ1) is 24.0. The maximum atomic E-state index is 11.2. The lowest BCUT2D eigenvalue weighted by Crippen LogP contribution is -2.19. The molecule has 0 amide bonds. The van der Waals surface area contributed by atoms with Crippen molar-refractivity contribution in [2.75, 3.05) is 47.2 Å². The normalized spacial score (nSPS) is 17.5. The number of anilines is 4. The van der Waals surface area contributed by atoms with E-state index in [4.69, 9.17) is 9.11 Å². The highest BCUT2D eigenvalue weighted by molar-refractivity contribution is 7.95. The third-order valence-electron chi connectivity index (χ3n) is 3.96. The predicted octanol–water partition coefficient (Wildman–Crippen LogP) is -0.824. The van der Waals surface area contributed by atoms with Crippen molar-refractivity contribution >= 4 is 53.8 Å². The third-order valence-corrected chi connectivity index (χ3v) is 6.99. The van der Waals surface area contributed by atoms with Crippen LogP contribution < -0.4 is 16.0 Å². The van der Waals surface area contributed by atoms with E-state index in [1.807, 2.05) is 0 Å². The van der Waals surface area contributed by atoms with Crippen molar-refractivity contribution in [3.63, 3.8) is 0 Å². The van der Waals surface area contributed by atoms with Crippen molar-refractivity contribution in [2.24, 2.45) is 0 Å². The standard InChI is InChI=1S/C14H19N7O8S3/c22-30(23)9-21(30)7-5-15-12-18-13(16-6-8-31(24,25)26)20-14(19-12)17-10-1-3-11(4-2-10)32(27,28)29/h1-4H,5-9H2,(H,24,25,26)(H,27,28,29)(H3,15,16,17,18,19,20).